The molecule has 0 rings (SSSR count). The zero-order valence-corrected chi connectivity index (χ0v) is 11.6. The quantitative estimate of drug-likeness (QED) is 0.643. The number of methoxy groups -OCH3 is 1. The molecule has 96 valence electrons. The predicted molar refractivity (Wildman–Crippen MR) is 68.9 cm³/mol. The Morgan fingerprint density at radius 1 is 1.44 bits per heavy atom. The second-order valence-electron chi connectivity index (χ2n) is 3.70. The Labute approximate surface area is 103 Å². The summed E-state index contributed by atoms with van der Waals surface area (Å²) < 4.78 is 30.1. The molecule has 0 unspecified atom stereocenters. The number of nitrogens with zero attached hydrogens (tertiary/aromatic N) is 1. The molecule has 0 fully saturated rings. The smallest absolute Gasteiger partial charge is 0.216 e. The number of thiocarbonyl (C=S) groups is 1. The van der Waals surface area contributed by atoms with Crippen molar-refractivity contribution >= 4 is 27.2 Å². The van der Waals surface area contributed by atoms with Gasteiger partial charge in [-0.15, -0.1) is 0 Å². The Balaban J connectivity index is 4.59. The first-order valence-electron chi connectivity index (χ1n) is 5.08. The van der Waals surface area contributed by atoms with Crippen molar-refractivity contribution in [1.29, 1.82) is 0 Å². The maximum atomic E-state index is 11.9. The molecule has 0 aromatic rings. The van der Waals surface area contributed by atoms with Crippen LogP contribution in [0.2, 0.25) is 0 Å². The number of sulfonamides is 1. The van der Waals surface area contributed by atoms with Crippen LogP contribution in [0.25, 0.3) is 0 Å². The summed E-state index contributed by atoms with van der Waals surface area (Å²) in [6.07, 6.45) is 0.394. The predicted octanol–water partition coefficient (Wildman–Crippen LogP) is 0.349. The van der Waals surface area contributed by atoms with Gasteiger partial charge >= 0.3 is 0 Å². The van der Waals surface area contributed by atoms with E-state index in [1.54, 1.807) is 13.8 Å². The van der Waals surface area contributed by atoms with Crippen LogP contribution in [0.15, 0.2) is 0 Å². The fourth-order valence-corrected chi connectivity index (χ4v) is 2.45. The first-order valence-corrected chi connectivity index (χ1v) is 6.99. The summed E-state index contributed by atoms with van der Waals surface area (Å²) in [5, 5.41) is -0.448. The summed E-state index contributed by atoms with van der Waals surface area (Å²) in [5.74, 6) is 0. The van der Waals surface area contributed by atoms with Crippen LogP contribution in [0, 0.1) is 0 Å². The number of rotatable bonds is 8. The fraction of sp³-hybridized carbons (Fsp3) is 0.889. The second-order valence-corrected chi connectivity index (χ2v) is 6.72. The third-order valence-corrected chi connectivity index (χ3v) is 4.59. The second kappa shape index (κ2) is 7.16. The number of hydrogen-bond donors (Lipinski definition) is 1. The van der Waals surface area contributed by atoms with E-state index >= 15 is 0 Å². The van der Waals surface area contributed by atoms with E-state index in [0.29, 0.717) is 31.1 Å². The molecule has 0 atom stereocenters. The highest BCUT2D eigenvalue weighted by Crippen LogP contribution is 2.09. The number of nitrogens with two attached hydrogens (primary N) is 1. The van der Waals surface area contributed by atoms with Crippen molar-refractivity contribution in [2.45, 2.75) is 25.5 Å². The van der Waals surface area contributed by atoms with Crippen LogP contribution in [0.1, 0.15) is 20.3 Å². The third-order valence-electron chi connectivity index (χ3n) is 2.11. The fourth-order valence-electron chi connectivity index (χ4n) is 1.09. The molecule has 0 aliphatic rings. The summed E-state index contributed by atoms with van der Waals surface area (Å²) in [5.41, 5.74) is 5.37. The van der Waals surface area contributed by atoms with Gasteiger partial charge in [-0.05, 0) is 13.8 Å². The summed E-state index contributed by atoms with van der Waals surface area (Å²) in [4.78, 5) is 0.321. The molecule has 0 aromatic heterocycles. The molecule has 16 heavy (non-hydrogen) atoms. The minimum absolute atomic E-state index is 0.319. The Morgan fingerprint density at radius 2 is 2.00 bits per heavy atom. The Kier molecular flexibility index (Phi) is 7.05. The molecule has 0 heterocycles. The van der Waals surface area contributed by atoms with Gasteiger partial charge in [-0.2, -0.15) is 4.31 Å². The van der Waals surface area contributed by atoms with Gasteiger partial charge in [0.05, 0.1) is 16.8 Å². The van der Waals surface area contributed by atoms with Gasteiger partial charge in [-0.25, -0.2) is 8.42 Å². The van der Waals surface area contributed by atoms with E-state index in [4.69, 9.17) is 22.7 Å². The normalized spacial score (nSPS) is 12.3. The maximum Gasteiger partial charge on any atom is 0.216 e. The molecule has 0 radical (unpaired) electrons. The molecule has 0 spiro atoms. The Morgan fingerprint density at radius 3 is 2.38 bits per heavy atom. The van der Waals surface area contributed by atoms with Gasteiger partial charge in [-0.3, -0.25) is 0 Å². The average molecular weight is 268 g/mol. The van der Waals surface area contributed by atoms with E-state index in [1.165, 1.54) is 11.4 Å². The van der Waals surface area contributed by atoms with Crippen molar-refractivity contribution < 1.29 is 13.2 Å². The topological polar surface area (TPSA) is 72.6 Å². The lowest BCUT2D eigenvalue weighted by molar-refractivity contribution is 0.179. The van der Waals surface area contributed by atoms with Gasteiger partial charge in [0, 0.05) is 26.6 Å². The van der Waals surface area contributed by atoms with Gasteiger partial charge in [0.15, 0.2) is 0 Å². The minimum Gasteiger partial charge on any atom is -0.393 e. The zero-order valence-electron chi connectivity index (χ0n) is 9.97. The highest BCUT2D eigenvalue weighted by atomic mass is 32.2. The van der Waals surface area contributed by atoms with Crippen LogP contribution in [-0.2, 0) is 14.8 Å². The number of hydrogen-bond acceptors (Lipinski definition) is 4. The Bertz CT molecular complexity index is 315. The van der Waals surface area contributed by atoms with E-state index in [-0.39, 0.29) is 0 Å². The molecule has 0 saturated heterocycles. The third kappa shape index (κ3) is 5.20. The van der Waals surface area contributed by atoms with Crippen molar-refractivity contribution in [2.24, 2.45) is 5.73 Å². The average Bonchev–Trinajstić information content (AvgIpc) is 2.16. The van der Waals surface area contributed by atoms with Crippen molar-refractivity contribution in [3.8, 4) is 0 Å². The lowest BCUT2D eigenvalue weighted by Crippen LogP contribution is -2.40. The lowest BCUT2D eigenvalue weighted by Gasteiger charge is -2.23. The van der Waals surface area contributed by atoms with Gasteiger partial charge in [-0.1, -0.05) is 12.2 Å². The first kappa shape index (κ1) is 15.8. The SMILES string of the molecule is COCCN(CCC(N)=S)S(=O)(=O)C(C)C. The highest BCUT2D eigenvalue weighted by Gasteiger charge is 2.25. The molecule has 2 N–H and O–H groups in total. The summed E-state index contributed by atoms with van der Waals surface area (Å²) >= 11 is 4.74. The molecule has 0 bridgehead atoms. The van der Waals surface area contributed by atoms with E-state index in [2.05, 4.69) is 0 Å². The molecular weight excluding hydrogens is 248 g/mol. The molecular formula is C9H20N2O3S2. The maximum absolute atomic E-state index is 11.9. The molecule has 0 saturated carbocycles. The standard InChI is InChI=1S/C9H20N2O3S2/c1-8(2)16(12,13)11(6-7-14-3)5-4-9(10)15/h8H,4-7H2,1-3H3,(H2,10,15). The van der Waals surface area contributed by atoms with E-state index < -0.39 is 15.3 Å². The minimum atomic E-state index is -3.27. The molecule has 0 aromatic carbocycles. The Hall–Kier alpha value is -0.240. The van der Waals surface area contributed by atoms with Crippen molar-refractivity contribution in [2.75, 3.05) is 26.8 Å². The summed E-state index contributed by atoms with van der Waals surface area (Å²) in [6.45, 7) is 4.31. The molecule has 0 amide bonds. The van der Waals surface area contributed by atoms with Crippen LogP contribution in [0.5, 0.6) is 0 Å². The zero-order chi connectivity index (χ0) is 12.8. The van der Waals surface area contributed by atoms with Crippen molar-refractivity contribution in [1.82, 2.24) is 4.31 Å². The van der Waals surface area contributed by atoms with Gasteiger partial charge in [0.2, 0.25) is 10.0 Å². The van der Waals surface area contributed by atoms with Crippen LogP contribution in [0.3, 0.4) is 0 Å². The molecule has 0 aliphatic carbocycles. The van der Waals surface area contributed by atoms with Gasteiger partial charge < -0.3 is 10.5 Å². The lowest BCUT2D eigenvalue weighted by atomic mass is 10.4. The summed E-state index contributed by atoms with van der Waals surface area (Å²) in [7, 11) is -1.73. The monoisotopic (exact) mass is 268 g/mol. The van der Waals surface area contributed by atoms with Crippen LogP contribution >= 0.6 is 12.2 Å². The van der Waals surface area contributed by atoms with E-state index in [1.807, 2.05) is 0 Å². The highest BCUT2D eigenvalue weighted by molar-refractivity contribution is 7.89. The van der Waals surface area contributed by atoms with Crippen LogP contribution < -0.4 is 5.73 Å². The van der Waals surface area contributed by atoms with Crippen LogP contribution in [0.4, 0.5) is 0 Å². The molecule has 5 nitrogen and oxygen atoms in total. The summed E-state index contributed by atoms with van der Waals surface area (Å²) in [6, 6.07) is 0. The van der Waals surface area contributed by atoms with Crippen molar-refractivity contribution in [3.05, 3.63) is 0 Å². The largest absolute Gasteiger partial charge is 0.393 e. The first-order chi connectivity index (χ1) is 7.32. The van der Waals surface area contributed by atoms with Crippen LogP contribution in [-0.4, -0.2) is 49.8 Å². The van der Waals surface area contributed by atoms with Gasteiger partial charge in [0.25, 0.3) is 0 Å². The molecule has 0 aliphatic heterocycles. The number of ether oxygens (including phenoxy) is 1. The van der Waals surface area contributed by atoms with Crippen molar-refractivity contribution in [3.63, 3.8) is 0 Å². The van der Waals surface area contributed by atoms with E-state index in [9.17, 15) is 8.42 Å². The van der Waals surface area contributed by atoms with Gasteiger partial charge in [0.1, 0.15) is 0 Å². The van der Waals surface area contributed by atoms with E-state index in [0.717, 1.165) is 0 Å². The molecule has 7 heteroatoms.